The molecule has 8 heteroatoms. The van der Waals surface area contributed by atoms with Crippen molar-refractivity contribution in [3.63, 3.8) is 0 Å². The van der Waals surface area contributed by atoms with E-state index in [1.807, 2.05) is 46.1 Å². The third-order valence-corrected chi connectivity index (χ3v) is 4.43. The minimum atomic E-state index is -0.0744. The molecular formula is C17H19N7O. The molecule has 0 spiro atoms. The van der Waals surface area contributed by atoms with Crippen LogP contribution < -0.4 is 5.32 Å². The maximum Gasteiger partial charge on any atom is 0.321 e. The third kappa shape index (κ3) is 3.37. The van der Waals surface area contributed by atoms with Gasteiger partial charge < -0.3 is 10.2 Å². The summed E-state index contributed by atoms with van der Waals surface area (Å²) in [4.78, 5) is 18.3. The van der Waals surface area contributed by atoms with E-state index in [1.165, 1.54) is 0 Å². The summed E-state index contributed by atoms with van der Waals surface area (Å²) < 4.78 is 3.64. The quantitative estimate of drug-likeness (QED) is 0.795. The number of urea groups is 1. The van der Waals surface area contributed by atoms with Crippen molar-refractivity contribution in [2.75, 3.05) is 18.4 Å². The lowest BCUT2D eigenvalue weighted by Crippen LogP contribution is -2.41. The molecule has 1 saturated heterocycles. The molecule has 0 radical (unpaired) electrons. The average molecular weight is 337 g/mol. The van der Waals surface area contributed by atoms with Crippen LogP contribution >= 0.6 is 0 Å². The molecule has 0 bridgehead atoms. The van der Waals surface area contributed by atoms with Gasteiger partial charge in [-0.25, -0.2) is 19.1 Å². The summed E-state index contributed by atoms with van der Waals surface area (Å²) in [5.74, 6) is 0. The summed E-state index contributed by atoms with van der Waals surface area (Å²) in [6, 6.07) is 9.75. The minimum Gasteiger partial charge on any atom is -0.324 e. The van der Waals surface area contributed by atoms with Gasteiger partial charge in [0.05, 0.1) is 11.7 Å². The number of benzene rings is 1. The monoisotopic (exact) mass is 337 g/mol. The van der Waals surface area contributed by atoms with E-state index in [0.29, 0.717) is 19.1 Å². The first-order valence-electron chi connectivity index (χ1n) is 8.30. The minimum absolute atomic E-state index is 0.0744. The van der Waals surface area contributed by atoms with E-state index in [-0.39, 0.29) is 6.03 Å². The molecule has 3 heterocycles. The fourth-order valence-corrected chi connectivity index (χ4v) is 3.09. The van der Waals surface area contributed by atoms with E-state index in [2.05, 4.69) is 20.5 Å². The topological polar surface area (TPSA) is 80.9 Å². The Hall–Kier alpha value is -3.16. The lowest BCUT2D eigenvalue weighted by molar-refractivity contribution is 0.180. The van der Waals surface area contributed by atoms with Crippen LogP contribution in [0.5, 0.6) is 0 Å². The summed E-state index contributed by atoms with van der Waals surface area (Å²) in [6.07, 6.45) is 8.64. The molecule has 1 aromatic carbocycles. The Morgan fingerprint density at radius 2 is 2.04 bits per heavy atom. The molecule has 4 rings (SSSR count). The molecule has 0 atom stereocenters. The van der Waals surface area contributed by atoms with Gasteiger partial charge in [-0.15, -0.1) is 0 Å². The van der Waals surface area contributed by atoms with Gasteiger partial charge in [-0.2, -0.15) is 10.2 Å². The van der Waals surface area contributed by atoms with Gasteiger partial charge in [-0.3, -0.25) is 0 Å². The van der Waals surface area contributed by atoms with Crippen LogP contribution in [0.3, 0.4) is 0 Å². The number of nitrogens with one attached hydrogen (secondary N) is 1. The maximum atomic E-state index is 12.5. The zero-order valence-corrected chi connectivity index (χ0v) is 13.7. The zero-order chi connectivity index (χ0) is 17.1. The fourth-order valence-electron chi connectivity index (χ4n) is 3.09. The smallest absolute Gasteiger partial charge is 0.321 e. The molecule has 2 amide bonds. The maximum absolute atomic E-state index is 12.5. The Labute approximate surface area is 145 Å². The number of carbonyl (C=O) groups is 1. The van der Waals surface area contributed by atoms with Crippen LogP contribution in [0.2, 0.25) is 0 Å². The van der Waals surface area contributed by atoms with Gasteiger partial charge in [0.2, 0.25) is 0 Å². The molecule has 1 aliphatic heterocycles. The van der Waals surface area contributed by atoms with Crippen LogP contribution in [0, 0.1) is 0 Å². The van der Waals surface area contributed by atoms with Gasteiger partial charge >= 0.3 is 6.03 Å². The number of anilines is 1. The number of piperidine rings is 1. The molecule has 3 aromatic rings. The zero-order valence-electron chi connectivity index (χ0n) is 13.7. The Kier molecular flexibility index (Phi) is 4.16. The van der Waals surface area contributed by atoms with Gasteiger partial charge in [0.25, 0.3) is 0 Å². The molecule has 8 nitrogen and oxygen atoms in total. The highest BCUT2D eigenvalue weighted by molar-refractivity contribution is 5.89. The molecule has 25 heavy (non-hydrogen) atoms. The second-order valence-electron chi connectivity index (χ2n) is 6.02. The van der Waals surface area contributed by atoms with Crippen LogP contribution in [0.15, 0.2) is 55.4 Å². The molecule has 128 valence electrons. The molecule has 1 aliphatic rings. The Bertz CT molecular complexity index is 821. The number of hydrogen-bond acceptors (Lipinski definition) is 4. The van der Waals surface area contributed by atoms with Crippen LogP contribution in [0.25, 0.3) is 5.69 Å². The first-order chi connectivity index (χ1) is 12.3. The van der Waals surface area contributed by atoms with Gasteiger partial charge in [0, 0.05) is 31.2 Å². The lowest BCUT2D eigenvalue weighted by Gasteiger charge is -2.31. The van der Waals surface area contributed by atoms with Crippen molar-refractivity contribution in [3.05, 3.63) is 55.4 Å². The Balaban J connectivity index is 1.37. The van der Waals surface area contributed by atoms with Crippen molar-refractivity contribution in [1.29, 1.82) is 0 Å². The second-order valence-corrected chi connectivity index (χ2v) is 6.02. The van der Waals surface area contributed by atoms with Gasteiger partial charge in [0.15, 0.2) is 0 Å². The normalized spacial score (nSPS) is 15.3. The lowest BCUT2D eigenvalue weighted by atomic mass is 10.1. The molecule has 2 aromatic heterocycles. The molecule has 1 fully saturated rings. The van der Waals surface area contributed by atoms with E-state index in [4.69, 9.17) is 0 Å². The van der Waals surface area contributed by atoms with Crippen molar-refractivity contribution in [3.8, 4) is 5.69 Å². The number of rotatable bonds is 3. The number of aromatic nitrogens is 5. The summed E-state index contributed by atoms with van der Waals surface area (Å²) >= 11 is 0. The molecular weight excluding hydrogens is 318 g/mol. The third-order valence-electron chi connectivity index (χ3n) is 4.43. The number of nitrogens with zero attached hydrogens (tertiary/aromatic N) is 6. The predicted molar refractivity (Wildman–Crippen MR) is 92.4 cm³/mol. The van der Waals surface area contributed by atoms with E-state index < -0.39 is 0 Å². The van der Waals surface area contributed by atoms with Crippen LogP contribution in [-0.4, -0.2) is 48.6 Å². The highest BCUT2D eigenvalue weighted by Gasteiger charge is 2.24. The second kappa shape index (κ2) is 6.76. The number of hydrogen-bond donors (Lipinski definition) is 1. The summed E-state index contributed by atoms with van der Waals surface area (Å²) in [6.45, 7) is 1.41. The average Bonchev–Trinajstić information content (AvgIpc) is 3.36. The Morgan fingerprint density at radius 3 is 2.76 bits per heavy atom. The Morgan fingerprint density at radius 1 is 1.16 bits per heavy atom. The number of likely N-dealkylation sites (tertiary alicyclic amines) is 1. The molecule has 1 N–H and O–H groups in total. The summed E-state index contributed by atoms with van der Waals surface area (Å²) in [5.41, 5.74) is 1.67. The van der Waals surface area contributed by atoms with E-state index in [9.17, 15) is 4.79 Å². The largest absolute Gasteiger partial charge is 0.324 e. The SMILES string of the molecule is O=C(Nc1cccc(-n2cccn2)c1)N1CCC(n2cncn2)CC1. The highest BCUT2D eigenvalue weighted by atomic mass is 16.2. The number of carbonyl (C=O) groups excluding carboxylic acids is 1. The fraction of sp³-hybridized carbons (Fsp3) is 0.294. The molecule has 0 saturated carbocycles. The summed E-state index contributed by atoms with van der Waals surface area (Å²) in [5, 5.41) is 11.4. The van der Waals surface area contributed by atoms with E-state index in [0.717, 1.165) is 24.2 Å². The molecule has 0 aliphatic carbocycles. The standard InChI is InChI=1S/C17H19N7O/c25-17(22-9-5-15(6-10-22)24-13-18-12-20-24)21-14-3-1-4-16(11-14)23-8-2-7-19-23/h1-4,7-8,11-13,15H,5-6,9-10H2,(H,21,25). The van der Waals surface area contributed by atoms with E-state index >= 15 is 0 Å². The highest BCUT2D eigenvalue weighted by Crippen LogP contribution is 2.22. The number of amides is 2. The van der Waals surface area contributed by atoms with Crippen LogP contribution in [-0.2, 0) is 0 Å². The van der Waals surface area contributed by atoms with Crippen molar-refractivity contribution < 1.29 is 4.79 Å². The molecule has 0 unspecified atom stereocenters. The summed E-state index contributed by atoms with van der Waals surface area (Å²) in [7, 11) is 0. The van der Waals surface area contributed by atoms with Crippen molar-refractivity contribution in [2.45, 2.75) is 18.9 Å². The van der Waals surface area contributed by atoms with Gasteiger partial charge in [0.1, 0.15) is 12.7 Å². The predicted octanol–water partition coefficient (Wildman–Crippen LogP) is 2.33. The van der Waals surface area contributed by atoms with Crippen molar-refractivity contribution in [2.24, 2.45) is 0 Å². The van der Waals surface area contributed by atoms with Crippen LogP contribution in [0.4, 0.5) is 10.5 Å². The van der Waals surface area contributed by atoms with Gasteiger partial charge in [-0.05, 0) is 37.1 Å². The first kappa shape index (κ1) is 15.4. The van der Waals surface area contributed by atoms with Crippen molar-refractivity contribution in [1.82, 2.24) is 29.4 Å². The van der Waals surface area contributed by atoms with Crippen LogP contribution in [0.1, 0.15) is 18.9 Å². The van der Waals surface area contributed by atoms with Crippen molar-refractivity contribution >= 4 is 11.7 Å². The van der Waals surface area contributed by atoms with Gasteiger partial charge in [-0.1, -0.05) is 6.07 Å². The first-order valence-corrected chi connectivity index (χ1v) is 8.30. The van der Waals surface area contributed by atoms with E-state index in [1.54, 1.807) is 23.5 Å².